The number of ether oxygens (including phenoxy) is 1. The molecule has 0 aromatic heterocycles. The van der Waals surface area contributed by atoms with Gasteiger partial charge in [-0.3, -0.25) is 4.79 Å². The van der Waals surface area contributed by atoms with E-state index in [1.165, 1.54) is 6.08 Å². The van der Waals surface area contributed by atoms with Crippen LogP contribution in [0.1, 0.15) is 0 Å². The summed E-state index contributed by atoms with van der Waals surface area (Å²) in [6, 6.07) is -0.647. The summed E-state index contributed by atoms with van der Waals surface area (Å²) in [5.74, 6) is -2.20. The van der Waals surface area contributed by atoms with Crippen molar-refractivity contribution >= 4 is 21.7 Å². The molecule has 0 aromatic rings. The van der Waals surface area contributed by atoms with Crippen molar-refractivity contribution in [1.29, 1.82) is 0 Å². The predicted octanol–water partition coefficient (Wildman–Crippen LogP) is -1.41. The molecule has 0 spiro atoms. The van der Waals surface area contributed by atoms with Gasteiger partial charge in [-0.2, -0.15) is 0 Å². The summed E-state index contributed by atoms with van der Waals surface area (Å²) in [4.78, 5) is 21.6. The lowest BCUT2D eigenvalue weighted by molar-refractivity contribution is -0.152. The summed E-state index contributed by atoms with van der Waals surface area (Å²) in [5, 5.41) is 3.21. The molecule has 0 aliphatic carbocycles. The molecule has 1 N–H and O–H groups in total. The minimum atomic E-state index is -3.22. The number of amides is 1. The molecule has 0 saturated heterocycles. The molecule has 1 rings (SSSR count). The number of carbonyl (C=O) groups excluding carboxylic acids is 2. The van der Waals surface area contributed by atoms with E-state index in [0.29, 0.717) is 0 Å². The molecule has 1 aliphatic heterocycles. The monoisotopic (exact) mass is 219 g/mol. The van der Waals surface area contributed by atoms with E-state index in [4.69, 9.17) is 0 Å². The molecule has 0 aromatic carbocycles. The van der Waals surface area contributed by atoms with Crippen LogP contribution in [0.2, 0.25) is 0 Å². The van der Waals surface area contributed by atoms with E-state index < -0.39 is 27.8 Å². The summed E-state index contributed by atoms with van der Waals surface area (Å²) in [5.41, 5.74) is 0. The molecule has 1 heterocycles. The fourth-order valence-corrected chi connectivity index (χ4v) is 2.22. The van der Waals surface area contributed by atoms with Crippen molar-refractivity contribution in [2.24, 2.45) is 0 Å². The number of hydrogen-bond acceptors (Lipinski definition) is 5. The number of rotatable bonds is 1. The largest absolute Gasteiger partial charge is 0.462 e. The molecule has 0 fully saturated rings. The Bertz CT molecular complexity index is 383. The van der Waals surface area contributed by atoms with Gasteiger partial charge >= 0.3 is 11.9 Å². The molecule has 1 unspecified atom stereocenters. The van der Waals surface area contributed by atoms with Crippen LogP contribution in [0.15, 0.2) is 11.5 Å². The van der Waals surface area contributed by atoms with Gasteiger partial charge in [-0.25, -0.2) is 13.2 Å². The molecular formula is C7H9NO5S. The predicted molar refractivity (Wildman–Crippen MR) is 46.9 cm³/mol. The van der Waals surface area contributed by atoms with Crippen LogP contribution in [0.5, 0.6) is 0 Å². The third-order valence-electron chi connectivity index (χ3n) is 1.62. The van der Waals surface area contributed by atoms with Crippen LogP contribution in [0.4, 0.5) is 0 Å². The second kappa shape index (κ2) is 3.79. The number of hydrogen-bond donors (Lipinski definition) is 1. The molecule has 6 nitrogen and oxygen atoms in total. The average Bonchev–Trinajstić information content (AvgIpc) is 2.44. The Hall–Kier alpha value is -1.37. The first-order chi connectivity index (χ1) is 6.44. The molecule has 1 aliphatic rings. The second-order valence-corrected chi connectivity index (χ2v) is 4.66. The Labute approximate surface area is 80.8 Å². The van der Waals surface area contributed by atoms with Crippen LogP contribution in [0.3, 0.4) is 0 Å². The van der Waals surface area contributed by atoms with Gasteiger partial charge in [-0.1, -0.05) is 0 Å². The highest BCUT2D eigenvalue weighted by Gasteiger charge is 2.25. The SMILES string of the molecule is COC(=O)C(=O)NC1C=CS(=O)(=O)C1. The highest BCUT2D eigenvalue weighted by Crippen LogP contribution is 2.07. The molecule has 7 heteroatoms. The highest BCUT2D eigenvalue weighted by molar-refractivity contribution is 7.94. The number of carbonyl (C=O) groups is 2. The van der Waals surface area contributed by atoms with Crippen molar-refractivity contribution in [3.05, 3.63) is 11.5 Å². The summed E-state index contributed by atoms with van der Waals surface area (Å²) in [6.45, 7) is 0. The van der Waals surface area contributed by atoms with Gasteiger partial charge in [0.05, 0.1) is 18.9 Å². The van der Waals surface area contributed by atoms with E-state index in [1.54, 1.807) is 0 Å². The standard InChI is InChI=1S/C7H9NO5S/c1-13-7(10)6(9)8-5-2-3-14(11,12)4-5/h2-3,5H,4H2,1H3,(H,8,9). The van der Waals surface area contributed by atoms with Crippen molar-refractivity contribution in [2.75, 3.05) is 12.9 Å². The van der Waals surface area contributed by atoms with Crippen LogP contribution < -0.4 is 5.32 Å². The molecular weight excluding hydrogens is 210 g/mol. The molecule has 1 amide bonds. The zero-order chi connectivity index (χ0) is 10.8. The summed E-state index contributed by atoms with van der Waals surface area (Å²) >= 11 is 0. The van der Waals surface area contributed by atoms with E-state index in [-0.39, 0.29) is 5.75 Å². The lowest BCUT2D eigenvalue weighted by atomic mass is 10.3. The topological polar surface area (TPSA) is 89.5 Å². The Morgan fingerprint density at radius 1 is 1.50 bits per heavy atom. The maximum Gasteiger partial charge on any atom is 0.396 e. The summed E-state index contributed by atoms with van der Waals surface area (Å²) < 4.78 is 26.0. The summed E-state index contributed by atoms with van der Waals surface area (Å²) in [7, 11) is -2.15. The third kappa shape index (κ3) is 2.56. The lowest BCUT2D eigenvalue weighted by Crippen LogP contribution is -2.40. The Morgan fingerprint density at radius 3 is 2.57 bits per heavy atom. The van der Waals surface area contributed by atoms with Gasteiger partial charge in [0.25, 0.3) is 0 Å². The van der Waals surface area contributed by atoms with Gasteiger partial charge in [0.15, 0.2) is 9.84 Å². The second-order valence-electron chi connectivity index (χ2n) is 2.73. The lowest BCUT2D eigenvalue weighted by Gasteiger charge is -2.07. The molecule has 0 bridgehead atoms. The van der Waals surface area contributed by atoms with Crippen molar-refractivity contribution in [3.8, 4) is 0 Å². The first kappa shape index (κ1) is 10.7. The normalized spacial score (nSPS) is 23.1. The van der Waals surface area contributed by atoms with E-state index >= 15 is 0 Å². The zero-order valence-electron chi connectivity index (χ0n) is 7.39. The molecule has 0 saturated carbocycles. The smallest absolute Gasteiger partial charge is 0.396 e. The van der Waals surface area contributed by atoms with E-state index in [1.807, 2.05) is 0 Å². The fraction of sp³-hybridized carbons (Fsp3) is 0.429. The molecule has 14 heavy (non-hydrogen) atoms. The van der Waals surface area contributed by atoms with E-state index in [2.05, 4.69) is 10.1 Å². The van der Waals surface area contributed by atoms with Gasteiger partial charge in [-0.05, 0) is 6.08 Å². The van der Waals surface area contributed by atoms with E-state index in [9.17, 15) is 18.0 Å². The molecule has 0 radical (unpaired) electrons. The Kier molecular flexibility index (Phi) is 2.90. The van der Waals surface area contributed by atoms with Gasteiger partial charge in [0.1, 0.15) is 0 Å². The van der Waals surface area contributed by atoms with E-state index in [0.717, 1.165) is 12.5 Å². The third-order valence-corrected chi connectivity index (χ3v) is 3.01. The highest BCUT2D eigenvalue weighted by atomic mass is 32.2. The first-order valence-corrected chi connectivity index (χ1v) is 5.46. The van der Waals surface area contributed by atoms with Crippen LogP contribution >= 0.6 is 0 Å². The van der Waals surface area contributed by atoms with Crippen LogP contribution in [0.25, 0.3) is 0 Å². The minimum absolute atomic E-state index is 0.213. The quantitative estimate of drug-likeness (QED) is 0.432. The number of methoxy groups -OCH3 is 1. The van der Waals surface area contributed by atoms with Gasteiger partial charge in [0, 0.05) is 5.41 Å². The first-order valence-electron chi connectivity index (χ1n) is 3.74. The van der Waals surface area contributed by atoms with Crippen molar-refractivity contribution in [3.63, 3.8) is 0 Å². The number of esters is 1. The zero-order valence-corrected chi connectivity index (χ0v) is 8.21. The summed E-state index contributed by atoms with van der Waals surface area (Å²) in [6.07, 6.45) is 1.32. The van der Waals surface area contributed by atoms with Crippen LogP contribution in [0, 0.1) is 0 Å². The fourth-order valence-electron chi connectivity index (χ4n) is 0.986. The van der Waals surface area contributed by atoms with Crippen LogP contribution in [-0.4, -0.2) is 39.2 Å². The maximum atomic E-state index is 10.9. The Morgan fingerprint density at radius 2 is 2.14 bits per heavy atom. The average molecular weight is 219 g/mol. The van der Waals surface area contributed by atoms with Crippen LogP contribution in [-0.2, 0) is 24.2 Å². The van der Waals surface area contributed by atoms with Gasteiger partial charge in [0.2, 0.25) is 0 Å². The molecule has 1 atom stereocenters. The minimum Gasteiger partial charge on any atom is -0.462 e. The number of nitrogens with one attached hydrogen (secondary N) is 1. The maximum absolute atomic E-state index is 10.9. The van der Waals surface area contributed by atoms with Gasteiger partial charge < -0.3 is 10.1 Å². The van der Waals surface area contributed by atoms with Crippen molar-refractivity contribution in [2.45, 2.75) is 6.04 Å². The van der Waals surface area contributed by atoms with Crippen molar-refractivity contribution < 1.29 is 22.7 Å². The molecule has 78 valence electrons. The Balaban J connectivity index is 2.53. The van der Waals surface area contributed by atoms with Gasteiger partial charge in [-0.15, -0.1) is 0 Å². The van der Waals surface area contributed by atoms with Crippen molar-refractivity contribution in [1.82, 2.24) is 5.32 Å². The number of sulfone groups is 1.